The second-order valence-corrected chi connectivity index (χ2v) is 7.04. The fourth-order valence-corrected chi connectivity index (χ4v) is 3.45. The fourth-order valence-electron chi connectivity index (χ4n) is 3.45. The normalized spacial score (nSPS) is 19.0. The molecule has 1 aromatic heterocycles. The summed E-state index contributed by atoms with van der Waals surface area (Å²) in [5.41, 5.74) is 1.40. The van der Waals surface area contributed by atoms with Crippen molar-refractivity contribution in [2.45, 2.75) is 44.8 Å². The Kier molecular flexibility index (Phi) is 6.84. The van der Waals surface area contributed by atoms with Gasteiger partial charge in [0.05, 0.1) is 19.3 Å². The van der Waals surface area contributed by atoms with Crippen molar-refractivity contribution in [3.63, 3.8) is 0 Å². The lowest BCUT2D eigenvalue weighted by Crippen LogP contribution is -2.29. The van der Waals surface area contributed by atoms with Crippen molar-refractivity contribution in [3.8, 4) is 11.6 Å². The molecule has 1 saturated heterocycles. The van der Waals surface area contributed by atoms with E-state index in [-0.39, 0.29) is 29.5 Å². The quantitative estimate of drug-likeness (QED) is 0.662. The molecule has 0 radical (unpaired) electrons. The van der Waals surface area contributed by atoms with Crippen LogP contribution >= 0.6 is 0 Å². The highest BCUT2D eigenvalue weighted by molar-refractivity contribution is 5.89. The summed E-state index contributed by atoms with van der Waals surface area (Å²) >= 11 is 0. The number of benzene rings is 1. The smallest absolute Gasteiger partial charge is 0.478 e. The minimum absolute atomic E-state index is 0.174. The molecular weight excluding hydrogens is 419 g/mol. The highest BCUT2D eigenvalue weighted by Crippen LogP contribution is 2.34. The van der Waals surface area contributed by atoms with Crippen molar-refractivity contribution in [1.29, 1.82) is 0 Å². The van der Waals surface area contributed by atoms with E-state index < -0.39 is 12.3 Å². The number of hydrogen-bond donors (Lipinski definition) is 2. The molecule has 0 amide bonds. The van der Waals surface area contributed by atoms with Gasteiger partial charge in [-0.05, 0) is 43.9 Å². The molecule has 2 heterocycles. The molecule has 2 atom stereocenters. The van der Waals surface area contributed by atoms with E-state index in [2.05, 4.69) is 20.3 Å². The van der Waals surface area contributed by atoms with Crippen LogP contribution in [0, 0.1) is 6.92 Å². The zero-order valence-electron chi connectivity index (χ0n) is 16.9. The zero-order chi connectivity index (χ0) is 22.6. The van der Waals surface area contributed by atoms with Crippen molar-refractivity contribution < 1.29 is 37.3 Å². The molecular formula is C20H22F3N3O5. The summed E-state index contributed by atoms with van der Waals surface area (Å²) in [7, 11) is 1.41. The summed E-state index contributed by atoms with van der Waals surface area (Å²) in [6.45, 7) is 1.98. The number of anilines is 1. The maximum absolute atomic E-state index is 12.3. The highest BCUT2D eigenvalue weighted by atomic mass is 19.4. The molecule has 0 spiro atoms. The van der Waals surface area contributed by atoms with E-state index in [1.54, 1.807) is 19.1 Å². The Morgan fingerprint density at radius 1 is 1.26 bits per heavy atom. The Balaban J connectivity index is 1.66. The summed E-state index contributed by atoms with van der Waals surface area (Å²) in [5, 5.41) is 19.8. The lowest BCUT2D eigenvalue weighted by Gasteiger charge is -2.31. The maximum atomic E-state index is 12.3. The molecule has 1 fully saturated rings. The number of nitrogens with one attached hydrogen (secondary N) is 1. The number of hydrogen-bond acceptors (Lipinski definition) is 7. The number of alkyl halides is 3. The third-order valence-corrected chi connectivity index (χ3v) is 4.92. The number of rotatable bonds is 7. The summed E-state index contributed by atoms with van der Waals surface area (Å²) in [5.74, 6) is -1.30. The number of halogens is 3. The molecule has 0 aliphatic carbocycles. The summed E-state index contributed by atoms with van der Waals surface area (Å²) in [4.78, 5) is 11.3. The van der Waals surface area contributed by atoms with Crippen LogP contribution in [0.2, 0.25) is 0 Å². The van der Waals surface area contributed by atoms with Crippen LogP contribution in [0.15, 0.2) is 24.3 Å². The van der Waals surface area contributed by atoms with Crippen LogP contribution in [-0.2, 0) is 4.74 Å². The van der Waals surface area contributed by atoms with Gasteiger partial charge in [0.2, 0.25) is 0 Å². The van der Waals surface area contributed by atoms with Gasteiger partial charge in [0, 0.05) is 12.1 Å². The number of ether oxygens (including phenoxy) is 3. The number of carbonyl (C=O) groups is 1. The van der Waals surface area contributed by atoms with Gasteiger partial charge in [0.25, 0.3) is 5.88 Å². The van der Waals surface area contributed by atoms with Crippen molar-refractivity contribution in [1.82, 2.24) is 10.2 Å². The third kappa shape index (κ3) is 5.75. The summed E-state index contributed by atoms with van der Waals surface area (Å²) in [6, 6.07) is 5.64. The average molecular weight is 441 g/mol. The summed E-state index contributed by atoms with van der Waals surface area (Å²) < 4.78 is 52.1. The Labute approximate surface area is 176 Å². The van der Waals surface area contributed by atoms with Crippen LogP contribution in [0.5, 0.6) is 11.6 Å². The predicted molar refractivity (Wildman–Crippen MR) is 103 cm³/mol. The van der Waals surface area contributed by atoms with Crippen molar-refractivity contribution in [3.05, 3.63) is 41.1 Å². The van der Waals surface area contributed by atoms with Crippen LogP contribution in [0.4, 0.5) is 18.9 Å². The van der Waals surface area contributed by atoms with E-state index in [1.165, 1.54) is 19.2 Å². The van der Waals surface area contributed by atoms with Gasteiger partial charge in [-0.3, -0.25) is 0 Å². The van der Waals surface area contributed by atoms with Gasteiger partial charge in [-0.15, -0.1) is 23.4 Å². The van der Waals surface area contributed by atoms with E-state index in [4.69, 9.17) is 9.47 Å². The van der Waals surface area contributed by atoms with E-state index in [0.717, 1.165) is 24.8 Å². The van der Waals surface area contributed by atoms with E-state index in [0.29, 0.717) is 17.8 Å². The fraction of sp³-hybridized carbons (Fsp3) is 0.450. The number of nitrogens with zero attached hydrogens (tertiary/aromatic N) is 2. The number of aromatic carboxylic acids is 1. The van der Waals surface area contributed by atoms with E-state index in [1.807, 2.05) is 0 Å². The highest BCUT2D eigenvalue weighted by Gasteiger charge is 2.31. The lowest BCUT2D eigenvalue weighted by atomic mass is 9.98. The summed E-state index contributed by atoms with van der Waals surface area (Å²) in [6.07, 6.45) is -2.84. The molecule has 0 saturated carbocycles. The largest absolute Gasteiger partial charge is 0.573 e. The Morgan fingerprint density at radius 2 is 1.97 bits per heavy atom. The first-order valence-electron chi connectivity index (χ1n) is 9.57. The Bertz CT molecular complexity index is 922. The number of carboxylic acid groups (broad SMARTS) is 1. The van der Waals surface area contributed by atoms with Crippen molar-refractivity contribution in [2.24, 2.45) is 0 Å². The SMILES string of the molecule is COc1nnc(C(=O)O)c(C)c1NCC1CCCC(c2ccc(OC(F)(F)F)cc2)O1. The van der Waals surface area contributed by atoms with Crippen molar-refractivity contribution in [2.75, 3.05) is 19.0 Å². The van der Waals surface area contributed by atoms with Crippen LogP contribution in [0.3, 0.4) is 0 Å². The molecule has 31 heavy (non-hydrogen) atoms. The van der Waals surface area contributed by atoms with Gasteiger partial charge in [0.15, 0.2) is 5.69 Å². The first-order chi connectivity index (χ1) is 14.7. The monoisotopic (exact) mass is 441 g/mol. The second kappa shape index (κ2) is 9.38. The van der Waals surface area contributed by atoms with E-state index in [9.17, 15) is 23.1 Å². The standard InChI is InChI=1S/C20H22F3N3O5/c1-11-16(18(29-2)26-25-17(11)19(27)28)24-10-14-4-3-5-15(30-14)12-6-8-13(9-7-12)31-20(21,22)23/h6-9,14-15H,3-5,10H2,1-2H3,(H,24,25)(H,27,28). The lowest BCUT2D eigenvalue weighted by molar-refractivity contribution is -0.274. The van der Waals surface area contributed by atoms with Gasteiger partial charge in [-0.1, -0.05) is 12.1 Å². The molecule has 1 aliphatic heterocycles. The van der Waals surface area contributed by atoms with Gasteiger partial charge in [-0.2, -0.15) is 0 Å². The number of aromatic nitrogens is 2. The van der Waals surface area contributed by atoms with Gasteiger partial charge in [0.1, 0.15) is 11.4 Å². The van der Waals surface area contributed by atoms with Gasteiger partial charge < -0.3 is 24.6 Å². The van der Waals surface area contributed by atoms with Crippen LogP contribution in [-0.4, -0.2) is 47.4 Å². The number of carboxylic acids is 1. The molecule has 1 aromatic carbocycles. The minimum Gasteiger partial charge on any atom is -0.478 e. The molecule has 1 aliphatic rings. The zero-order valence-corrected chi connectivity index (χ0v) is 16.9. The van der Waals surface area contributed by atoms with Crippen LogP contribution in [0.25, 0.3) is 0 Å². The average Bonchev–Trinajstić information content (AvgIpc) is 2.72. The first kappa shape index (κ1) is 22.6. The second-order valence-electron chi connectivity index (χ2n) is 7.04. The Morgan fingerprint density at radius 3 is 2.58 bits per heavy atom. The molecule has 0 bridgehead atoms. The van der Waals surface area contributed by atoms with E-state index >= 15 is 0 Å². The first-order valence-corrected chi connectivity index (χ1v) is 9.57. The van der Waals surface area contributed by atoms with Crippen LogP contribution in [0.1, 0.15) is 47.0 Å². The van der Waals surface area contributed by atoms with Crippen LogP contribution < -0.4 is 14.8 Å². The van der Waals surface area contributed by atoms with Crippen molar-refractivity contribution >= 4 is 11.7 Å². The minimum atomic E-state index is -4.73. The number of methoxy groups -OCH3 is 1. The Hall–Kier alpha value is -3.08. The molecule has 2 unspecified atom stereocenters. The van der Waals surface area contributed by atoms with Gasteiger partial charge in [-0.25, -0.2) is 4.79 Å². The topological polar surface area (TPSA) is 103 Å². The molecule has 8 nitrogen and oxygen atoms in total. The predicted octanol–water partition coefficient (Wildman–Crippen LogP) is 4.11. The van der Waals surface area contributed by atoms with Gasteiger partial charge >= 0.3 is 12.3 Å². The molecule has 2 aromatic rings. The molecule has 168 valence electrons. The third-order valence-electron chi connectivity index (χ3n) is 4.92. The maximum Gasteiger partial charge on any atom is 0.573 e. The molecule has 2 N–H and O–H groups in total. The molecule has 3 rings (SSSR count). The molecule has 11 heteroatoms.